The van der Waals surface area contributed by atoms with Gasteiger partial charge in [0.05, 0.1) is 5.56 Å². The van der Waals surface area contributed by atoms with Gasteiger partial charge in [-0.2, -0.15) is 18.3 Å². The molecule has 0 fully saturated rings. The highest BCUT2D eigenvalue weighted by atomic mass is 19.4. The molecule has 0 aliphatic heterocycles. The fraction of sp³-hybridized carbons (Fsp3) is 0.500. The Morgan fingerprint density at radius 2 is 2.06 bits per heavy atom. The second kappa shape index (κ2) is 4.12. The van der Waals surface area contributed by atoms with Gasteiger partial charge in [0, 0.05) is 27.3 Å². The summed E-state index contributed by atoms with van der Waals surface area (Å²) >= 11 is 0. The molecule has 0 aromatic carbocycles. The zero-order valence-corrected chi connectivity index (χ0v) is 8.96. The number of carbonyl (C=O) groups is 1. The molecule has 0 unspecified atom stereocenters. The van der Waals surface area contributed by atoms with Crippen LogP contribution in [0, 0.1) is 0 Å². The number of alkyl halides is 3. The highest BCUT2D eigenvalue weighted by Crippen LogP contribution is 2.30. The van der Waals surface area contributed by atoms with Crippen molar-refractivity contribution >= 4 is 5.91 Å². The third-order valence-corrected chi connectivity index (χ3v) is 1.67. The fourth-order valence-corrected chi connectivity index (χ4v) is 1.13. The summed E-state index contributed by atoms with van der Waals surface area (Å²) in [6.45, 7) is 0. The molecule has 1 heterocycles. The van der Waals surface area contributed by atoms with Gasteiger partial charge in [-0.15, -0.1) is 0 Å². The second-order valence-electron chi connectivity index (χ2n) is 3.40. The molecule has 5 nitrogen and oxygen atoms in total. The first-order valence-electron chi connectivity index (χ1n) is 4.31. The maximum atomic E-state index is 12.5. The Morgan fingerprint density at radius 3 is 2.50 bits per heavy atom. The molecular formula is C8H11F3N4O. The van der Waals surface area contributed by atoms with Gasteiger partial charge in [-0.25, -0.2) is 5.01 Å². The van der Waals surface area contributed by atoms with Crippen molar-refractivity contribution in [2.75, 3.05) is 14.1 Å². The molecule has 0 spiro atoms. The lowest BCUT2D eigenvalue weighted by Gasteiger charge is -2.12. The van der Waals surface area contributed by atoms with Crippen LogP contribution in [0.3, 0.4) is 0 Å². The molecule has 0 saturated carbocycles. The number of hydrazine groups is 1. The van der Waals surface area contributed by atoms with E-state index in [4.69, 9.17) is 0 Å². The van der Waals surface area contributed by atoms with Crippen LogP contribution < -0.4 is 5.43 Å². The third kappa shape index (κ3) is 2.72. The van der Waals surface area contributed by atoms with E-state index in [1.807, 2.05) is 0 Å². The van der Waals surface area contributed by atoms with Crippen molar-refractivity contribution in [1.29, 1.82) is 0 Å². The van der Waals surface area contributed by atoms with Crippen molar-refractivity contribution in [3.8, 4) is 0 Å². The summed E-state index contributed by atoms with van der Waals surface area (Å²) in [6, 6.07) is 0. The Morgan fingerprint density at radius 1 is 1.50 bits per heavy atom. The molecule has 0 radical (unpaired) electrons. The van der Waals surface area contributed by atoms with E-state index in [1.165, 1.54) is 26.2 Å². The van der Waals surface area contributed by atoms with Crippen LogP contribution in [0.4, 0.5) is 13.2 Å². The molecule has 1 amide bonds. The van der Waals surface area contributed by atoms with Gasteiger partial charge in [-0.3, -0.25) is 14.9 Å². The summed E-state index contributed by atoms with van der Waals surface area (Å²) < 4.78 is 38.4. The summed E-state index contributed by atoms with van der Waals surface area (Å²) in [5.74, 6) is -0.842. The van der Waals surface area contributed by atoms with Gasteiger partial charge >= 0.3 is 6.18 Å². The third-order valence-electron chi connectivity index (χ3n) is 1.67. The minimum Gasteiger partial charge on any atom is -0.285 e. The normalized spacial score (nSPS) is 11.9. The van der Waals surface area contributed by atoms with Crippen molar-refractivity contribution in [2.45, 2.75) is 6.18 Å². The summed E-state index contributed by atoms with van der Waals surface area (Å²) in [4.78, 5) is 11.4. The summed E-state index contributed by atoms with van der Waals surface area (Å²) in [7, 11) is 4.32. The van der Waals surface area contributed by atoms with Crippen LogP contribution in [0.1, 0.15) is 16.1 Å². The zero-order chi connectivity index (χ0) is 12.5. The number of hydrogen-bond acceptors (Lipinski definition) is 3. The minimum atomic E-state index is -4.64. The molecule has 0 aliphatic carbocycles. The first-order chi connectivity index (χ1) is 7.21. The van der Waals surface area contributed by atoms with Crippen molar-refractivity contribution in [2.24, 2.45) is 7.05 Å². The first-order valence-corrected chi connectivity index (χ1v) is 4.31. The van der Waals surface area contributed by atoms with E-state index in [-0.39, 0.29) is 0 Å². The number of carbonyl (C=O) groups excluding carboxylic acids is 1. The van der Waals surface area contributed by atoms with Gasteiger partial charge in [0.25, 0.3) is 5.91 Å². The van der Waals surface area contributed by atoms with E-state index >= 15 is 0 Å². The largest absolute Gasteiger partial charge is 0.435 e. The molecule has 16 heavy (non-hydrogen) atoms. The molecule has 8 heteroatoms. The highest BCUT2D eigenvalue weighted by Gasteiger charge is 2.39. The van der Waals surface area contributed by atoms with Gasteiger partial charge in [0.1, 0.15) is 0 Å². The van der Waals surface area contributed by atoms with E-state index in [0.717, 1.165) is 10.9 Å². The molecule has 0 atom stereocenters. The van der Waals surface area contributed by atoms with E-state index < -0.39 is 23.3 Å². The topological polar surface area (TPSA) is 50.2 Å². The number of halogens is 3. The lowest BCUT2D eigenvalue weighted by atomic mass is 10.2. The van der Waals surface area contributed by atoms with Crippen LogP contribution in [-0.2, 0) is 13.2 Å². The van der Waals surface area contributed by atoms with Crippen molar-refractivity contribution in [1.82, 2.24) is 20.2 Å². The standard InChI is InChI=1S/C8H11F3N4O/c1-14(2)13-7(16)5-4-15(3)12-6(5)8(9,10)11/h4H,1-3H3,(H,13,16). The van der Waals surface area contributed by atoms with Crippen LogP contribution in [-0.4, -0.2) is 34.8 Å². The molecular weight excluding hydrogens is 225 g/mol. The van der Waals surface area contributed by atoms with Gasteiger partial charge < -0.3 is 0 Å². The number of hydrogen-bond donors (Lipinski definition) is 1. The van der Waals surface area contributed by atoms with E-state index in [9.17, 15) is 18.0 Å². The molecule has 0 bridgehead atoms. The van der Waals surface area contributed by atoms with E-state index in [0.29, 0.717) is 0 Å². The Hall–Kier alpha value is -1.57. The average Bonchev–Trinajstić information content (AvgIpc) is 2.45. The fourth-order valence-electron chi connectivity index (χ4n) is 1.13. The van der Waals surface area contributed by atoms with E-state index in [1.54, 1.807) is 0 Å². The SMILES string of the molecule is CN(C)NC(=O)c1cn(C)nc1C(F)(F)F. The van der Waals surface area contributed by atoms with Crippen molar-refractivity contribution in [3.63, 3.8) is 0 Å². The van der Waals surface area contributed by atoms with Gasteiger partial charge in [-0.05, 0) is 0 Å². The summed E-state index contributed by atoms with van der Waals surface area (Å²) in [5.41, 5.74) is 0.544. The molecule has 1 N–H and O–H groups in total. The number of nitrogens with one attached hydrogen (secondary N) is 1. The zero-order valence-electron chi connectivity index (χ0n) is 8.96. The molecule has 0 saturated heterocycles. The Bertz CT molecular complexity index is 396. The monoisotopic (exact) mass is 236 g/mol. The first kappa shape index (κ1) is 12.5. The van der Waals surface area contributed by atoms with Crippen LogP contribution in [0.2, 0.25) is 0 Å². The number of aromatic nitrogens is 2. The molecule has 1 aromatic rings. The quantitative estimate of drug-likeness (QED) is 0.767. The molecule has 90 valence electrons. The predicted molar refractivity (Wildman–Crippen MR) is 49.4 cm³/mol. The summed E-state index contributed by atoms with van der Waals surface area (Å²) in [6.07, 6.45) is -3.61. The summed E-state index contributed by atoms with van der Waals surface area (Å²) in [5, 5.41) is 4.48. The number of amides is 1. The number of aryl methyl sites for hydroxylation is 1. The Kier molecular flexibility index (Phi) is 3.22. The number of nitrogens with zero attached hydrogens (tertiary/aromatic N) is 3. The van der Waals surface area contributed by atoms with Crippen molar-refractivity contribution < 1.29 is 18.0 Å². The maximum Gasteiger partial charge on any atom is 0.435 e. The lowest BCUT2D eigenvalue weighted by Crippen LogP contribution is -2.36. The van der Waals surface area contributed by atoms with Gasteiger partial charge in [0.2, 0.25) is 0 Å². The lowest BCUT2D eigenvalue weighted by molar-refractivity contribution is -0.141. The molecule has 0 aliphatic rings. The highest BCUT2D eigenvalue weighted by molar-refractivity contribution is 5.94. The van der Waals surface area contributed by atoms with E-state index in [2.05, 4.69) is 10.5 Å². The Labute approximate surface area is 89.8 Å². The maximum absolute atomic E-state index is 12.5. The van der Waals surface area contributed by atoms with Crippen LogP contribution in [0.25, 0.3) is 0 Å². The Balaban J connectivity index is 3.09. The van der Waals surface area contributed by atoms with Crippen molar-refractivity contribution in [3.05, 3.63) is 17.5 Å². The number of rotatable bonds is 2. The second-order valence-corrected chi connectivity index (χ2v) is 3.40. The smallest absolute Gasteiger partial charge is 0.285 e. The van der Waals surface area contributed by atoms with Gasteiger partial charge in [-0.1, -0.05) is 0 Å². The van der Waals surface area contributed by atoms with Crippen LogP contribution in [0.15, 0.2) is 6.20 Å². The minimum absolute atomic E-state index is 0.497. The molecule has 1 aromatic heterocycles. The van der Waals surface area contributed by atoms with Gasteiger partial charge in [0.15, 0.2) is 5.69 Å². The predicted octanol–water partition coefficient (Wildman–Crippen LogP) is 0.645. The van der Waals surface area contributed by atoms with Crippen LogP contribution >= 0.6 is 0 Å². The molecule has 1 rings (SSSR count). The van der Waals surface area contributed by atoms with Crippen LogP contribution in [0.5, 0.6) is 0 Å². The average molecular weight is 236 g/mol.